The highest BCUT2D eigenvalue weighted by Gasteiger charge is 2.33. The molecule has 0 radical (unpaired) electrons. The van der Waals surface area contributed by atoms with Crippen LogP contribution in [-0.2, 0) is 0 Å². The molecule has 2 aliphatic heterocycles. The number of likely N-dealkylation sites (tertiary alicyclic amines) is 2. The molecule has 2 nitrogen and oxygen atoms in total. The van der Waals surface area contributed by atoms with Crippen LogP contribution in [-0.4, -0.2) is 48.1 Å². The summed E-state index contributed by atoms with van der Waals surface area (Å²) >= 11 is 0. The molecule has 0 aromatic carbocycles. The van der Waals surface area contributed by atoms with Crippen LogP contribution in [0.5, 0.6) is 0 Å². The van der Waals surface area contributed by atoms with E-state index in [1.165, 1.54) is 45.4 Å². The fraction of sp³-hybridized carbons (Fsp3) is 1.00. The number of hydrogen-bond acceptors (Lipinski definition) is 2. The molecule has 0 amide bonds. The van der Waals surface area contributed by atoms with E-state index in [2.05, 4.69) is 44.4 Å². The van der Waals surface area contributed by atoms with Crippen LogP contribution in [0.25, 0.3) is 0 Å². The topological polar surface area (TPSA) is 6.48 Å². The van der Waals surface area contributed by atoms with Crippen molar-refractivity contribution in [3.05, 3.63) is 0 Å². The van der Waals surface area contributed by atoms with Gasteiger partial charge in [0.2, 0.25) is 0 Å². The smallest absolute Gasteiger partial charge is 0.0145 e. The summed E-state index contributed by atoms with van der Waals surface area (Å²) in [6.07, 6.45) is 4.23. The van der Waals surface area contributed by atoms with Crippen molar-refractivity contribution in [1.29, 1.82) is 0 Å². The quantitative estimate of drug-likeness (QED) is 0.772. The minimum absolute atomic E-state index is 0.718. The Hall–Kier alpha value is -0.0800. The summed E-state index contributed by atoms with van der Waals surface area (Å²) in [7, 11) is 0. The molecule has 2 aliphatic rings. The highest BCUT2D eigenvalue weighted by atomic mass is 15.2. The highest BCUT2D eigenvalue weighted by molar-refractivity contribution is 4.88. The summed E-state index contributed by atoms with van der Waals surface area (Å²) in [6, 6.07) is 1.57. The van der Waals surface area contributed by atoms with Crippen molar-refractivity contribution >= 4 is 0 Å². The maximum absolute atomic E-state index is 2.81. The molecule has 0 saturated carbocycles. The predicted molar refractivity (Wildman–Crippen MR) is 83.4 cm³/mol. The first-order valence-corrected chi connectivity index (χ1v) is 8.47. The van der Waals surface area contributed by atoms with E-state index in [0.717, 1.165) is 29.8 Å². The Kier molecular flexibility index (Phi) is 5.30. The van der Waals surface area contributed by atoms with Crippen molar-refractivity contribution in [2.45, 2.75) is 66.0 Å². The van der Waals surface area contributed by atoms with Crippen molar-refractivity contribution in [1.82, 2.24) is 9.80 Å². The minimum atomic E-state index is 0.718. The van der Waals surface area contributed by atoms with Crippen LogP contribution in [0.2, 0.25) is 0 Å². The van der Waals surface area contributed by atoms with E-state index in [0.29, 0.717) is 0 Å². The van der Waals surface area contributed by atoms with Crippen LogP contribution >= 0.6 is 0 Å². The van der Waals surface area contributed by atoms with Crippen LogP contribution in [0.4, 0.5) is 0 Å². The molecule has 0 aromatic rings. The van der Waals surface area contributed by atoms with Gasteiger partial charge in [0.25, 0.3) is 0 Å². The van der Waals surface area contributed by atoms with Gasteiger partial charge < -0.3 is 9.80 Å². The SMILES string of the molecule is CC(C)C1CCN([C@@H]2CCN(C(C)C)C[C@@H]2C)CC1. The van der Waals surface area contributed by atoms with E-state index in [1.54, 1.807) is 0 Å². The number of hydrogen-bond donors (Lipinski definition) is 0. The van der Waals surface area contributed by atoms with Crippen molar-refractivity contribution in [2.24, 2.45) is 17.8 Å². The van der Waals surface area contributed by atoms with Gasteiger partial charge in [0.1, 0.15) is 0 Å². The van der Waals surface area contributed by atoms with Crippen molar-refractivity contribution in [2.75, 3.05) is 26.2 Å². The standard InChI is InChI=1S/C17H34N2/c1-13(2)16-6-9-18(10-7-16)17-8-11-19(14(3)4)12-15(17)5/h13-17H,6-12H2,1-5H3/t15-,17+/m0/s1. The molecular formula is C17H34N2. The molecule has 2 heteroatoms. The molecule has 2 rings (SSSR count). The van der Waals surface area contributed by atoms with Crippen LogP contribution in [0, 0.1) is 17.8 Å². The normalized spacial score (nSPS) is 32.4. The summed E-state index contributed by atoms with van der Waals surface area (Å²) in [4.78, 5) is 5.46. The zero-order valence-electron chi connectivity index (χ0n) is 13.7. The average Bonchev–Trinajstić information content (AvgIpc) is 2.38. The first kappa shape index (κ1) is 15.3. The monoisotopic (exact) mass is 266 g/mol. The first-order valence-electron chi connectivity index (χ1n) is 8.47. The van der Waals surface area contributed by atoms with E-state index in [1.807, 2.05) is 0 Å². The van der Waals surface area contributed by atoms with Gasteiger partial charge in [-0.05, 0) is 70.5 Å². The van der Waals surface area contributed by atoms with Gasteiger partial charge in [-0.25, -0.2) is 0 Å². The lowest BCUT2D eigenvalue weighted by Gasteiger charge is -2.46. The van der Waals surface area contributed by atoms with Crippen LogP contribution in [0.3, 0.4) is 0 Å². The lowest BCUT2D eigenvalue weighted by Crippen LogP contribution is -2.53. The van der Waals surface area contributed by atoms with Crippen LogP contribution in [0.1, 0.15) is 53.9 Å². The Balaban J connectivity index is 1.84. The lowest BCUT2D eigenvalue weighted by molar-refractivity contribution is 0.0263. The Labute approximate surface area is 120 Å². The minimum Gasteiger partial charge on any atom is -0.301 e. The molecule has 0 spiro atoms. The summed E-state index contributed by atoms with van der Waals surface area (Å²) in [5.74, 6) is 2.69. The zero-order chi connectivity index (χ0) is 14.0. The van der Waals surface area contributed by atoms with E-state index in [4.69, 9.17) is 0 Å². The maximum atomic E-state index is 2.81. The molecule has 0 aromatic heterocycles. The molecule has 2 fully saturated rings. The van der Waals surface area contributed by atoms with Gasteiger partial charge in [-0.3, -0.25) is 0 Å². The lowest BCUT2D eigenvalue weighted by atomic mass is 9.84. The summed E-state index contributed by atoms with van der Waals surface area (Å²) in [6.45, 7) is 17.2. The fourth-order valence-corrected chi connectivity index (χ4v) is 4.09. The third-order valence-electron chi connectivity index (χ3n) is 5.61. The molecule has 2 heterocycles. The van der Waals surface area contributed by atoms with Crippen molar-refractivity contribution in [3.63, 3.8) is 0 Å². The molecule has 2 atom stereocenters. The Morgan fingerprint density at radius 2 is 1.53 bits per heavy atom. The number of nitrogens with zero attached hydrogens (tertiary/aromatic N) is 2. The van der Waals surface area contributed by atoms with Crippen molar-refractivity contribution < 1.29 is 0 Å². The molecular weight excluding hydrogens is 232 g/mol. The average molecular weight is 266 g/mol. The molecule has 2 saturated heterocycles. The predicted octanol–water partition coefficient (Wildman–Crippen LogP) is 3.47. The van der Waals surface area contributed by atoms with Gasteiger partial charge in [0.05, 0.1) is 0 Å². The second kappa shape index (κ2) is 6.58. The van der Waals surface area contributed by atoms with Crippen LogP contribution in [0.15, 0.2) is 0 Å². The highest BCUT2D eigenvalue weighted by Crippen LogP contribution is 2.30. The van der Waals surface area contributed by atoms with Gasteiger partial charge in [-0.2, -0.15) is 0 Å². The molecule has 0 N–H and O–H groups in total. The molecule has 0 aliphatic carbocycles. The second-order valence-corrected chi connectivity index (χ2v) is 7.54. The Morgan fingerprint density at radius 1 is 0.895 bits per heavy atom. The number of rotatable bonds is 3. The second-order valence-electron chi connectivity index (χ2n) is 7.54. The van der Waals surface area contributed by atoms with Gasteiger partial charge in [-0.15, -0.1) is 0 Å². The maximum Gasteiger partial charge on any atom is 0.0145 e. The van der Waals surface area contributed by atoms with Gasteiger partial charge in [0, 0.05) is 18.6 Å². The van der Waals surface area contributed by atoms with Crippen molar-refractivity contribution in [3.8, 4) is 0 Å². The van der Waals surface area contributed by atoms with Gasteiger partial charge in [0.15, 0.2) is 0 Å². The fourth-order valence-electron chi connectivity index (χ4n) is 4.09. The Bertz CT molecular complexity index is 266. The zero-order valence-corrected chi connectivity index (χ0v) is 13.7. The third kappa shape index (κ3) is 3.72. The Morgan fingerprint density at radius 3 is 2.00 bits per heavy atom. The van der Waals surface area contributed by atoms with E-state index >= 15 is 0 Å². The van der Waals surface area contributed by atoms with E-state index in [-0.39, 0.29) is 0 Å². The molecule has 19 heavy (non-hydrogen) atoms. The summed E-state index contributed by atoms with van der Waals surface area (Å²) in [5, 5.41) is 0. The van der Waals surface area contributed by atoms with Gasteiger partial charge in [-0.1, -0.05) is 20.8 Å². The van der Waals surface area contributed by atoms with E-state index in [9.17, 15) is 0 Å². The molecule has 0 bridgehead atoms. The van der Waals surface area contributed by atoms with Crippen LogP contribution < -0.4 is 0 Å². The summed E-state index contributed by atoms with van der Waals surface area (Å²) in [5.41, 5.74) is 0. The third-order valence-corrected chi connectivity index (χ3v) is 5.61. The first-order chi connectivity index (χ1) is 8.99. The van der Waals surface area contributed by atoms with Gasteiger partial charge >= 0.3 is 0 Å². The number of piperidine rings is 2. The molecule has 112 valence electrons. The molecule has 0 unspecified atom stereocenters. The largest absolute Gasteiger partial charge is 0.301 e. The summed E-state index contributed by atoms with van der Waals surface area (Å²) < 4.78 is 0. The van der Waals surface area contributed by atoms with E-state index < -0.39 is 0 Å².